The van der Waals surface area contributed by atoms with E-state index in [0.717, 1.165) is 28.2 Å². The lowest BCUT2D eigenvalue weighted by Gasteiger charge is -2.27. The summed E-state index contributed by atoms with van der Waals surface area (Å²) in [6, 6.07) is 9.97. The van der Waals surface area contributed by atoms with E-state index in [4.69, 9.17) is 9.47 Å². The average Bonchev–Trinajstić information content (AvgIpc) is 3.05. The lowest BCUT2D eigenvalue weighted by atomic mass is 10.1. The van der Waals surface area contributed by atoms with Crippen molar-refractivity contribution in [1.29, 1.82) is 0 Å². The first kappa shape index (κ1) is 17.8. The third kappa shape index (κ3) is 2.85. The second-order valence-electron chi connectivity index (χ2n) is 6.35. The van der Waals surface area contributed by atoms with Crippen LogP contribution in [-0.2, 0) is 23.0 Å². The van der Waals surface area contributed by atoms with E-state index in [1.54, 1.807) is 0 Å². The molecule has 0 amide bonds. The van der Waals surface area contributed by atoms with Crippen molar-refractivity contribution in [3.05, 3.63) is 53.5 Å². The van der Waals surface area contributed by atoms with Gasteiger partial charge in [0.05, 0.1) is 14.2 Å². The highest BCUT2D eigenvalue weighted by atomic mass is 32.2. The number of hydrogen-bond acceptors (Lipinski definition) is 4. The maximum atomic E-state index is 14.5. The summed E-state index contributed by atoms with van der Waals surface area (Å²) in [5.74, 6) is -0.550. The van der Waals surface area contributed by atoms with Crippen LogP contribution in [0.25, 0.3) is 10.9 Å². The fraction of sp³-hybridized carbons (Fsp3) is 0.263. The first-order valence-electron chi connectivity index (χ1n) is 8.46. The second-order valence-corrected chi connectivity index (χ2v) is 8.26. The molecule has 142 valence electrons. The highest BCUT2D eigenvalue weighted by Gasteiger charge is 2.33. The van der Waals surface area contributed by atoms with Gasteiger partial charge >= 0.3 is 0 Å². The molecule has 1 N–H and O–H groups in total. The van der Waals surface area contributed by atoms with Crippen molar-refractivity contribution in [3.63, 3.8) is 0 Å². The Morgan fingerprint density at radius 2 is 1.81 bits per heavy atom. The van der Waals surface area contributed by atoms with E-state index < -0.39 is 20.7 Å². The molecule has 0 spiro atoms. The average molecular weight is 390 g/mol. The van der Waals surface area contributed by atoms with Gasteiger partial charge < -0.3 is 14.5 Å². The fourth-order valence-electron chi connectivity index (χ4n) is 3.52. The number of nitrogens with zero attached hydrogens (tertiary/aromatic N) is 1. The van der Waals surface area contributed by atoms with E-state index in [-0.39, 0.29) is 24.6 Å². The maximum absolute atomic E-state index is 14.5. The molecule has 27 heavy (non-hydrogen) atoms. The normalized spacial score (nSPS) is 14.9. The van der Waals surface area contributed by atoms with Crippen molar-refractivity contribution in [2.75, 3.05) is 20.8 Å². The van der Waals surface area contributed by atoms with E-state index >= 15 is 0 Å². The van der Waals surface area contributed by atoms with Crippen molar-refractivity contribution in [3.8, 4) is 11.5 Å². The molecular formula is C19H19FN2O4S. The first-order chi connectivity index (χ1) is 13.0. The molecule has 0 saturated carbocycles. The predicted octanol–water partition coefficient (Wildman–Crippen LogP) is 3.07. The number of ether oxygens (including phenoxy) is 2. The Morgan fingerprint density at radius 1 is 1.11 bits per heavy atom. The Labute approximate surface area is 156 Å². The zero-order valence-electron chi connectivity index (χ0n) is 15.0. The van der Waals surface area contributed by atoms with Crippen LogP contribution in [0.1, 0.15) is 11.3 Å². The second kappa shape index (κ2) is 6.54. The highest BCUT2D eigenvalue weighted by molar-refractivity contribution is 7.89. The molecular weight excluding hydrogens is 371 g/mol. The smallest absolute Gasteiger partial charge is 0.246 e. The topological polar surface area (TPSA) is 71.6 Å². The van der Waals surface area contributed by atoms with Crippen LogP contribution >= 0.6 is 0 Å². The lowest BCUT2D eigenvalue weighted by Crippen LogP contribution is -2.36. The van der Waals surface area contributed by atoms with Crippen LogP contribution in [0.4, 0.5) is 4.39 Å². The predicted molar refractivity (Wildman–Crippen MR) is 99.1 cm³/mol. The zero-order chi connectivity index (χ0) is 19.2. The molecule has 1 aromatic heterocycles. The Kier molecular flexibility index (Phi) is 4.32. The van der Waals surface area contributed by atoms with Gasteiger partial charge in [-0.1, -0.05) is 18.2 Å². The number of rotatable bonds is 4. The summed E-state index contributed by atoms with van der Waals surface area (Å²) in [6.07, 6.45) is 0.540. The number of nitrogens with one attached hydrogen (secondary N) is 1. The maximum Gasteiger partial charge on any atom is 0.246 e. The number of benzene rings is 2. The minimum Gasteiger partial charge on any atom is -0.493 e. The number of H-pyrrole nitrogens is 1. The third-order valence-electron chi connectivity index (χ3n) is 4.90. The molecule has 3 aromatic rings. The molecule has 0 bridgehead atoms. The number of sulfonamides is 1. The standard InChI is InChI=1S/C19H19FN2O4S/c1-25-17-9-14(20)19(10-18(17)26-2)27(23,24)22-8-7-16-13(11-22)12-5-3-4-6-15(12)21-16/h3-6,9-10,21H,7-8,11H2,1-2H3. The van der Waals surface area contributed by atoms with Crippen molar-refractivity contribution in [1.82, 2.24) is 9.29 Å². The summed E-state index contributed by atoms with van der Waals surface area (Å²) in [5, 5.41) is 0.986. The van der Waals surface area contributed by atoms with Gasteiger partial charge in [-0.25, -0.2) is 12.8 Å². The number of hydrogen-bond donors (Lipinski definition) is 1. The number of aromatic amines is 1. The largest absolute Gasteiger partial charge is 0.493 e. The zero-order valence-corrected chi connectivity index (χ0v) is 15.8. The van der Waals surface area contributed by atoms with Gasteiger partial charge in [0.2, 0.25) is 10.0 Å². The van der Waals surface area contributed by atoms with E-state index in [1.165, 1.54) is 24.6 Å². The Hall–Kier alpha value is -2.58. The molecule has 0 aliphatic carbocycles. The molecule has 2 heterocycles. The molecule has 6 nitrogen and oxygen atoms in total. The molecule has 2 aromatic carbocycles. The van der Waals surface area contributed by atoms with Crippen LogP contribution in [0.2, 0.25) is 0 Å². The van der Waals surface area contributed by atoms with Crippen LogP contribution in [-0.4, -0.2) is 38.5 Å². The Balaban J connectivity index is 1.75. The SMILES string of the molecule is COc1cc(F)c(S(=O)(=O)N2CCc3[nH]c4ccccc4c3C2)cc1OC. The molecule has 1 aliphatic rings. The van der Waals surface area contributed by atoms with Gasteiger partial charge in [0.1, 0.15) is 10.7 Å². The first-order valence-corrected chi connectivity index (χ1v) is 9.90. The summed E-state index contributed by atoms with van der Waals surface area (Å²) in [6.45, 7) is 0.464. The van der Waals surface area contributed by atoms with Gasteiger partial charge in [0.25, 0.3) is 0 Å². The monoisotopic (exact) mass is 390 g/mol. The van der Waals surface area contributed by atoms with Crippen molar-refractivity contribution in [2.45, 2.75) is 17.9 Å². The summed E-state index contributed by atoms with van der Waals surface area (Å²) in [4.78, 5) is 2.93. The summed E-state index contributed by atoms with van der Waals surface area (Å²) < 4.78 is 52.3. The van der Waals surface area contributed by atoms with Crippen LogP contribution in [0.5, 0.6) is 11.5 Å². The van der Waals surface area contributed by atoms with Gasteiger partial charge in [-0.15, -0.1) is 0 Å². The number of halogens is 1. The summed E-state index contributed by atoms with van der Waals surface area (Å²) in [7, 11) is -1.28. The van der Waals surface area contributed by atoms with Crippen LogP contribution in [0.3, 0.4) is 0 Å². The lowest BCUT2D eigenvalue weighted by molar-refractivity contribution is 0.348. The summed E-state index contributed by atoms with van der Waals surface area (Å²) in [5.41, 5.74) is 2.93. The van der Waals surface area contributed by atoms with Crippen molar-refractivity contribution >= 4 is 20.9 Å². The molecule has 1 aliphatic heterocycles. The van der Waals surface area contributed by atoms with Crippen LogP contribution < -0.4 is 9.47 Å². The van der Waals surface area contributed by atoms with E-state index in [0.29, 0.717) is 6.42 Å². The Bertz CT molecular complexity index is 1120. The third-order valence-corrected chi connectivity index (χ3v) is 6.76. The molecule has 0 fully saturated rings. The molecule has 0 atom stereocenters. The molecule has 4 rings (SSSR count). The molecule has 0 saturated heterocycles. The minimum absolute atomic E-state index is 0.145. The molecule has 0 unspecified atom stereocenters. The van der Waals surface area contributed by atoms with Crippen molar-refractivity contribution < 1.29 is 22.3 Å². The van der Waals surface area contributed by atoms with Gasteiger partial charge in [-0.05, 0) is 11.6 Å². The number of methoxy groups -OCH3 is 2. The highest BCUT2D eigenvalue weighted by Crippen LogP contribution is 2.35. The van der Waals surface area contributed by atoms with E-state index in [2.05, 4.69) is 4.98 Å². The van der Waals surface area contributed by atoms with Gasteiger partial charge in [-0.3, -0.25) is 0 Å². The molecule has 0 radical (unpaired) electrons. The number of fused-ring (bicyclic) bond motifs is 3. The number of aromatic nitrogens is 1. The van der Waals surface area contributed by atoms with Crippen molar-refractivity contribution in [2.24, 2.45) is 0 Å². The summed E-state index contributed by atoms with van der Waals surface area (Å²) >= 11 is 0. The van der Waals surface area contributed by atoms with E-state index in [1.807, 2.05) is 24.3 Å². The van der Waals surface area contributed by atoms with Crippen LogP contribution in [0, 0.1) is 5.82 Å². The number of para-hydroxylation sites is 1. The van der Waals surface area contributed by atoms with Gasteiger partial charge in [-0.2, -0.15) is 4.31 Å². The van der Waals surface area contributed by atoms with Gasteiger partial charge in [0.15, 0.2) is 11.5 Å². The minimum atomic E-state index is -4.03. The molecule has 8 heteroatoms. The Morgan fingerprint density at radius 3 is 2.56 bits per heavy atom. The quantitative estimate of drug-likeness (QED) is 0.743. The fourth-order valence-corrected chi connectivity index (χ4v) is 4.99. The van der Waals surface area contributed by atoms with Crippen LogP contribution in [0.15, 0.2) is 41.3 Å². The van der Waals surface area contributed by atoms with Gasteiger partial charge in [0, 0.05) is 48.2 Å². The van der Waals surface area contributed by atoms with E-state index in [9.17, 15) is 12.8 Å².